The molecular weight excluding hydrogens is 578 g/mol. The average Bonchev–Trinajstić information content (AvgIpc) is 3.88. The second-order valence-electron chi connectivity index (χ2n) is 12.7. The summed E-state index contributed by atoms with van der Waals surface area (Å²) in [4.78, 5) is 0. The van der Waals surface area contributed by atoms with Gasteiger partial charge in [-0.3, -0.25) is 0 Å². The quantitative estimate of drug-likeness (QED) is 0.176. The summed E-state index contributed by atoms with van der Waals surface area (Å²) in [6, 6.07) is 8.75. The number of rotatable bonds is 9. The van der Waals surface area contributed by atoms with Crippen LogP contribution in [0.1, 0.15) is 99.0 Å². The van der Waals surface area contributed by atoms with Crippen molar-refractivity contribution >= 4 is 0 Å². The van der Waals surface area contributed by atoms with E-state index in [1.165, 1.54) is 24.3 Å². The van der Waals surface area contributed by atoms with Crippen LogP contribution in [0.15, 0.2) is 36.4 Å². The summed E-state index contributed by atoms with van der Waals surface area (Å²) < 4.78 is 99.5. The van der Waals surface area contributed by atoms with Gasteiger partial charge in [-0.2, -0.15) is 0 Å². The summed E-state index contributed by atoms with van der Waals surface area (Å²) in [5.41, 5.74) is 0.400. The number of epoxide rings is 1. The lowest BCUT2D eigenvalue weighted by Crippen LogP contribution is -2.28. The minimum absolute atomic E-state index is 0.0206. The van der Waals surface area contributed by atoms with Gasteiger partial charge in [0.1, 0.15) is 6.10 Å². The molecule has 2 aliphatic carbocycles. The summed E-state index contributed by atoms with van der Waals surface area (Å²) in [6.45, 7) is 2.18. The smallest absolute Gasteiger partial charge is 0.167 e. The Hall–Kier alpha value is -2.84. The second kappa shape index (κ2) is 13.3. The summed E-state index contributed by atoms with van der Waals surface area (Å²) in [5, 5.41) is 0. The van der Waals surface area contributed by atoms with Gasteiger partial charge in [0.15, 0.2) is 34.9 Å². The number of hydrogen-bond donors (Lipinski definition) is 0. The maximum Gasteiger partial charge on any atom is 0.167 e. The maximum absolute atomic E-state index is 15.0. The van der Waals surface area contributed by atoms with Crippen LogP contribution in [0.2, 0.25) is 0 Å². The van der Waals surface area contributed by atoms with Crippen molar-refractivity contribution < 1.29 is 35.8 Å². The molecule has 6 rings (SSSR count). The minimum Gasteiger partial charge on any atom is -0.373 e. The van der Waals surface area contributed by atoms with Crippen LogP contribution in [0, 0.1) is 46.7 Å². The van der Waals surface area contributed by atoms with Crippen LogP contribution in [0.5, 0.6) is 0 Å². The molecule has 0 radical (unpaired) electrons. The Morgan fingerprint density at radius 1 is 0.614 bits per heavy atom. The molecular formula is C36H38F6O2. The highest BCUT2D eigenvalue weighted by Crippen LogP contribution is 2.45. The first-order valence-electron chi connectivity index (χ1n) is 15.9. The van der Waals surface area contributed by atoms with Gasteiger partial charge in [-0.05, 0) is 86.7 Å². The van der Waals surface area contributed by atoms with E-state index in [-0.39, 0.29) is 47.0 Å². The number of aryl methyl sites for hydroxylation is 1. The van der Waals surface area contributed by atoms with Crippen LogP contribution in [-0.4, -0.2) is 12.7 Å². The molecule has 3 aliphatic rings. The Bertz CT molecular complexity index is 1490. The van der Waals surface area contributed by atoms with Crippen molar-refractivity contribution in [3.8, 4) is 11.1 Å². The molecule has 0 bridgehead atoms. The molecule has 8 heteroatoms. The van der Waals surface area contributed by atoms with Crippen LogP contribution in [0.3, 0.4) is 0 Å². The molecule has 0 N–H and O–H groups in total. The molecule has 3 fully saturated rings. The Balaban J connectivity index is 0.997. The van der Waals surface area contributed by atoms with E-state index in [9.17, 15) is 26.3 Å². The van der Waals surface area contributed by atoms with E-state index >= 15 is 0 Å². The molecule has 236 valence electrons. The normalized spacial score (nSPS) is 25.3. The standard InChI is InChI=1S/C36H38F6O2/c1-2-3-23-10-14-27(34(40)31(23)37)28-15-11-24(32(38)35(28)41)18-43-25-12-8-21(9-13-25)20-4-6-22(7-5-20)26-16-17-29(30-19-44-30)36(42)33(26)39/h10-11,14-17,20-22,25,30H,2-9,12-13,18-19H2,1H3. The lowest BCUT2D eigenvalue weighted by atomic mass is 9.69. The van der Waals surface area contributed by atoms with Crippen LogP contribution < -0.4 is 0 Å². The van der Waals surface area contributed by atoms with E-state index in [4.69, 9.17) is 9.47 Å². The van der Waals surface area contributed by atoms with Crippen molar-refractivity contribution in [2.75, 3.05) is 6.61 Å². The maximum atomic E-state index is 15.0. The summed E-state index contributed by atoms with van der Waals surface area (Å²) in [5.74, 6) is -4.97. The van der Waals surface area contributed by atoms with Gasteiger partial charge in [0.25, 0.3) is 0 Å². The molecule has 1 heterocycles. The zero-order valence-electron chi connectivity index (χ0n) is 24.9. The first-order chi connectivity index (χ1) is 21.3. The first kappa shape index (κ1) is 31.2. The number of hydrogen-bond acceptors (Lipinski definition) is 2. The van der Waals surface area contributed by atoms with Crippen molar-refractivity contribution in [1.29, 1.82) is 0 Å². The SMILES string of the molecule is CCCc1ccc(-c2ccc(COC3CCC(C4CCC(c5ccc(C6CO6)c(F)c5F)CC4)CC3)c(F)c2F)c(F)c1F. The lowest BCUT2D eigenvalue weighted by molar-refractivity contribution is -0.00322. The van der Waals surface area contributed by atoms with Crippen LogP contribution in [-0.2, 0) is 22.5 Å². The first-order valence-corrected chi connectivity index (χ1v) is 15.9. The van der Waals surface area contributed by atoms with Crippen LogP contribution in [0.25, 0.3) is 11.1 Å². The lowest BCUT2D eigenvalue weighted by Gasteiger charge is -2.38. The summed E-state index contributed by atoms with van der Waals surface area (Å²) in [6.07, 6.45) is 7.76. The van der Waals surface area contributed by atoms with Crippen molar-refractivity contribution in [2.45, 2.75) is 95.9 Å². The molecule has 44 heavy (non-hydrogen) atoms. The Kier molecular flexibility index (Phi) is 9.39. The molecule has 1 saturated heterocycles. The predicted molar refractivity (Wildman–Crippen MR) is 156 cm³/mol. The van der Waals surface area contributed by atoms with Gasteiger partial charge in [-0.15, -0.1) is 0 Å². The van der Waals surface area contributed by atoms with E-state index in [0.29, 0.717) is 42.4 Å². The zero-order valence-corrected chi connectivity index (χ0v) is 24.9. The zero-order chi connectivity index (χ0) is 31.0. The van der Waals surface area contributed by atoms with Crippen molar-refractivity contribution in [3.63, 3.8) is 0 Å². The third kappa shape index (κ3) is 6.30. The molecule has 1 aliphatic heterocycles. The topological polar surface area (TPSA) is 21.8 Å². The Morgan fingerprint density at radius 2 is 1.14 bits per heavy atom. The highest BCUT2D eigenvalue weighted by molar-refractivity contribution is 5.66. The molecule has 3 aromatic rings. The van der Waals surface area contributed by atoms with Crippen molar-refractivity contribution in [1.82, 2.24) is 0 Å². The second-order valence-corrected chi connectivity index (χ2v) is 12.7. The summed E-state index contributed by atoms with van der Waals surface area (Å²) >= 11 is 0. The van der Waals surface area contributed by atoms with Gasteiger partial charge in [0.05, 0.1) is 19.3 Å². The van der Waals surface area contributed by atoms with Crippen LogP contribution in [0.4, 0.5) is 26.3 Å². The van der Waals surface area contributed by atoms with E-state index in [0.717, 1.165) is 51.4 Å². The fraction of sp³-hybridized carbons (Fsp3) is 0.500. The van der Waals surface area contributed by atoms with Gasteiger partial charge < -0.3 is 9.47 Å². The highest BCUT2D eigenvalue weighted by Gasteiger charge is 2.35. The van der Waals surface area contributed by atoms with E-state index in [1.54, 1.807) is 12.1 Å². The molecule has 1 atom stereocenters. The largest absolute Gasteiger partial charge is 0.373 e. The summed E-state index contributed by atoms with van der Waals surface area (Å²) in [7, 11) is 0. The molecule has 0 aromatic heterocycles. The molecule has 2 nitrogen and oxygen atoms in total. The molecule has 0 spiro atoms. The number of halogens is 6. The fourth-order valence-corrected chi connectivity index (χ4v) is 7.38. The van der Waals surface area contributed by atoms with Gasteiger partial charge in [-0.1, -0.05) is 49.7 Å². The van der Waals surface area contributed by atoms with Gasteiger partial charge in [0, 0.05) is 22.3 Å². The number of benzene rings is 3. The molecule has 2 saturated carbocycles. The van der Waals surface area contributed by atoms with Crippen molar-refractivity contribution in [3.05, 3.63) is 93.6 Å². The third-order valence-electron chi connectivity index (χ3n) is 10.0. The van der Waals surface area contributed by atoms with Crippen LogP contribution >= 0.6 is 0 Å². The monoisotopic (exact) mass is 616 g/mol. The Labute approximate surface area is 254 Å². The number of ether oxygens (including phenoxy) is 2. The fourth-order valence-electron chi connectivity index (χ4n) is 7.38. The third-order valence-corrected chi connectivity index (χ3v) is 10.0. The van der Waals surface area contributed by atoms with Gasteiger partial charge >= 0.3 is 0 Å². The van der Waals surface area contributed by atoms with Gasteiger partial charge in [-0.25, -0.2) is 26.3 Å². The highest BCUT2D eigenvalue weighted by atomic mass is 19.2. The molecule has 1 unspecified atom stereocenters. The minimum atomic E-state index is -1.22. The van der Waals surface area contributed by atoms with E-state index in [2.05, 4.69) is 0 Å². The van der Waals surface area contributed by atoms with Crippen molar-refractivity contribution in [2.24, 2.45) is 11.8 Å². The average molecular weight is 617 g/mol. The molecule has 3 aromatic carbocycles. The van der Waals surface area contributed by atoms with Gasteiger partial charge in [0.2, 0.25) is 0 Å². The predicted octanol–water partition coefficient (Wildman–Crippen LogP) is 10.3. The molecule has 0 amide bonds. The van der Waals surface area contributed by atoms with E-state index < -0.39 is 34.9 Å². The van der Waals surface area contributed by atoms with E-state index in [1.807, 2.05) is 6.92 Å². The Morgan fingerprint density at radius 3 is 1.73 bits per heavy atom.